The highest BCUT2D eigenvalue weighted by Gasteiger charge is 2.39. The topological polar surface area (TPSA) is 44.5 Å². The summed E-state index contributed by atoms with van der Waals surface area (Å²) in [6.45, 7) is 0.538. The fraction of sp³-hybridized carbons (Fsp3) is 0.455. The van der Waals surface area contributed by atoms with E-state index in [1.807, 2.05) is 0 Å². The Morgan fingerprint density at radius 2 is 2.00 bits per heavy atom. The zero-order valence-electron chi connectivity index (χ0n) is 8.63. The molecule has 1 aliphatic rings. The smallest absolute Gasteiger partial charge is 0.124 e. The molecule has 0 amide bonds. The number of nitrogens with two attached hydrogens (primary N) is 1. The molecule has 0 heterocycles. The number of rotatable bonds is 4. The van der Waals surface area contributed by atoms with Gasteiger partial charge in [-0.3, -0.25) is 0 Å². The van der Waals surface area contributed by atoms with E-state index in [0.717, 1.165) is 12.8 Å². The van der Waals surface area contributed by atoms with Gasteiger partial charge < -0.3 is 15.2 Å². The number of hydrogen-bond acceptors (Lipinski definition) is 3. The van der Waals surface area contributed by atoms with Gasteiger partial charge in [-0.2, -0.15) is 0 Å². The Balaban J connectivity index is 2.03. The van der Waals surface area contributed by atoms with E-state index in [9.17, 15) is 0 Å². The van der Waals surface area contributed by atoms with Gasteiger partial charge in [0.25, 0.3) is 0 Å². The van der Waals surface area contributed by atoms with Crippen LogP contribution in [0.4, 0.5) is 0 Å². The Labute approximate surface area is 94.1 Å². The highest BCUT2D eigenvalue weighted by molar-refractivity contribution is 6.30. The van der Waals surface area contributed by atoms with Gasteiger partial charge in [-0.1, -0.05) is 11.6 Å². The summed E-state index contributed by atoms with van der Waals surface area (Å²) in [5.74, 6) is 1.40. The summed E-state index contributed by atoms with van der Waals surface area (Å²) in [5.41, 5.74) is 5.80. The summed E-state index contributed by atoms with van der Waals surface area (Å²) in [4.78, 5) is 0. The standard InChI is InChI=1S/C11H14ClNO2/c1-14-9-4-8(12)5-10(6-9)15-7-11(13)2-3-11/h4-6H,2-3,7,13H2,1H3. The Morgan fingerprint density at radius 1 is 1.33 bits per heavy atom. The van der Waals surface area contributed by atoms with Crippen LogP contribution in [0.15, 0.2) is 18.2 Å². The molecule has 2 rings (SSSR count). The molecule has 0 atom stereocenters. The van der Waals surface area contributed by atoms with Crippen LogP contribution in [0.2, 0.25) is 5.02 Å². The molecule has 0 bridgehead atoms. The van der Waals surface area contributed by atoms with Crippen molar-refractivity contribution >= 4 is 11.6 Å². The molecule has 0 saturated heterocycles. The Morgan fingerprint density at radius 3 is 2.60 bits per heavy atom. The van der Waals surface area contributed by atoms with Crippen LogP contribution in [0.25, 0.3) is 0 Å². The van der Waals surface area contributed by atoms with E-state index in [1.165, 1.54) is 0 Å². The molecule has 0 radical (unpaired) electrons. The van der Waals surface area contributed by atoms with E-state index in [0.29, 0.717) is 23.1 Å². The first kappa shape index (κ1) is 10.6. The first-order valence-electron chi connectivity index (χ1n) is 4.88. The third-order valence-electron chi connectivity index (χ3n) is 2.50. The predicted molar refractivity (Wildman–Crippen MR) is 59.7 cm³/mol. The van der Waals surface area contributed by atoms with Crippen LogP contribution in [0.3, 0.4) is 0 Å². The maximum atomic E-state index is 5.91. The van der Waals surface area contributed by atoms with Gasteiger partial charge in [0.1, 0.15) is 18.1 Å². The molecular weight excluding hydrogens is 214 g/mol. The molecule has 15 heavy (non-hydrogen) atoms. The van der Waals surface area contributed by atoms with E-state index >= 15 is 0 Å². The average Bonchev–Trinajstić information content (AvgIpc) is 2.94. The zero-order valence-corrected chi connectivity index (χ0v) is 9.38. The monoisotopic (exact) mass is 227 g/mol. The van der Waals surface area contributed by atoms with E-state index in [-0.39, 0.29) is 5.54 Å². The SMILES string of the molecule is COc1cc(Cl)cc(OCC2(N)CC2)c1. The second kappa shape index (κ2) is 3.91. The molecule has 0 spiro atoms. The molecule has 1 aromatic rings. The lowest BCUT2D eigenvalue weighted by Crippen LogP contribution is -2.29. The molecule has 3 nitrogen and oxygen atoms in total. The first-order valence-corrected chi connectivity index (χ1v) is 5.25. The first-order chi connectivity index (χ1) is 7.11. The van der Waals surface area contributed by atoms with E-state index in [4.69, 9.17) is 26.8 Å². The fourth-order valence-electron chi connectivity index (χ4n) is 1.27. The summed E-state index contributed by atoms with van der Waals surface area (Å²) in [6, 6.07) is 5.30. The van der Waals surface area contributed by atoms with E-state index < -0.39 is 0 Å². The molecule has 0 aliphatic heterocycles. The number of halogens is 1. The Kier molecular flexibility index (Phi) is 2.76. The number of ether oxygens (including phenoxy) is 2. The molecule has 1 saturated carbocycles. The summed E-state index contributed by atoms with van der Waals surface area (Å²) in [7, 11) is 1.60. The van der Waals surface area contributed by atoms with Crippen molar-refractivity contribution in [2.45, 2.75) is 18.4 Å². The quantitative estimate of drug-likeness (QED) is 0.858. The van der Waals surface area contributed by atoms with Crippen molar-refractivity contribution in [3.8, 4) is 11.5 Å². The number of hydrogen-bond donors (Lipinski definition) is 1. The van der Waals surface area contributed by atoms with Gasteiger partial charge in [0.15, 0.2) is 0 Å². The number of methoxy groups -OCH3 is 1. The molecule has 2 N–H and O–H groups in total. The minimum Gasteiger partial charge on any atom is -0.497 e. The van der Waals surface area contributed by atoms with Gasteiger partial charge in [-0.15, -0.1) is 0 Å². The Hall–Kier alpha value is -0.930. The minimum absolute atomic E-state index is 0.116. The van der Waals surface area contributed by atoms with Crippen molar-refractivity contribution in [3.63, 3.8) is 0 Å². The maximum Gasteiger partial charge on any atom is 0.124 e. The highest BCUT2D eigenvalue weighted by Crippen LogP contribution is 2.33. The van der Waals surface area contributed by atoms with Crippen molar-refractivity contribution in [2.24, 2.45) is 5.73 Å². The molecule has 0 aromatic heterocycles. The zero-order chi connectivity index (χ0) is 10.9. The van der Waals surface area contributed by atoms with Gasteiger partial charge in [0.05, 0.1) is 12.6 Å². The second-order valence-corrected chi connectivity index (χ2v) is 4.41. The summed E-state index contributed by atoms with van der Waals surface area (Å²) in [6.07, 6.45) is 2.06. The molecule has 4 heteroatoms. The molecule has 1 fully saturated rings. The number of benzene rings is 1. The summed E-state index contributed by atoms with van der Waals surface area (Å²) < 4.78 is 10.7. The van der Waals surface area contributed by atoms with Crippen LogP contribution >= 0.6 is 11.6 Å². The molecular formula is C11H14ClNO2. The predicted octanol–water partition coefficient (Wildman–Crippen LogP) is 2.22. The average molecular weight is 228 g/mol. The van der Waals surface area contributed by atoms with E-state index in [1.54, 1.807) is 25.3 Å². The molecule has 1 aromatic carbocycles. The van der Waals surface area contributed by atoms with Crippen LogP contribution in [0.5, 0.6) is 11.5 Å². The van der Waals surface area contributed by atoms with Crippen molar-refractivity contribution in [3.05, 3.63) is 23.2 Å². The van der Waals surface area contributed by atoms with Gasteiger partial charge in [0, 0.05) is 11.1 Å². The van der Waals surface area contributed by atoms with Crippen molar-refractivity contribution in [2.75, 3.05) is 13.7 Å². The lowest BCUT2D eigenvalue weighted by molar-refractivity contribution is 0.278. The van der Waals surface area contributed by atoms with Crippen LogP contribution in [-0.4, -0.2) is 19.3 Å². The Bertz CT molecular complexity index is 364. The largest absolute Gasteiger partial charge is 0.497 e. The molecule has 1 aliphatic carbocycles. The van der Waals surface area contributed by atoms with Gasteiger partial charge in [0.2, 0.25) is 0 Å². The van der Waals surface area contributed by atoms with Crippen LogP contribution in [0, 0.1) is 0 Å². The van der Waals surface area contributed by atoms with Crippen molar-refractivity contribution in [1.82, 2.24) is 0 Å². The molecule has 82 valence electrons. The lowest BCUT2D eigenvalue weighted by atomic mass is 10.3. The van der Waals surface area contributed by atoms with Crippen LogP contribution in [-0.2, 0) is 0 Å². The fourth-order valence-corrected chi connectivity index (χ4v) is 1.49. The van der Waals surface area contributed by atoms with Crippen LogP contribution in [0.1, 0.15) is 12.8 Å². The summed E-state index contributed by atoms with van der Waals surface area (Å²) in [5, 5.41) is 0.603. The second-order valence-electron chi connectivity index (χ2n) is 3.98. The van der Waals surface area contributed by atoms with E-state index in [2.05, 4.69) is 0 Å². The van der Waals surface area contributed by atoms with Gasteiger partial charge in [-0.25, -0.2) is 0 Å². The van der Waals surface area contributed by atoms with Crippen molar-refractivity contribution in [1.29, 1.82) is 0 Å². The third-order valence-corrected chi connectivity index (χ3v) is 2.72. The van der Waals surface area contributed by atoms with Crippen molar-refractivity contribution < 1.29 is 9.47 Å². The van der Waals surface area contributed by atoms with Gasteiger partial charge in [-0.05, 0) is 25.0 Å². The third kappa shape index (κ3) is 2.76. The summed E-state index contributed by atoms with van der Waals surface area (Å²) >= 11 is 5.90. The molecule has 0 unspecified atom stereocenters. The normalized spacial score (nSPS) is 17.3. The van der Waals surface area contributed by atoms with Crippen LogP contribution < -0.4 is 15.2 Å². The minimum atomic E-state index is -0.116. The maximum absolute atomic E-state index is 5.91. The van der Waals surface area contributed by atoms with Gasteiger partial charge >= 0.3 is 0 Å². The lowest BCUT2D eigenvalue weighted by Gasteiger charge is -2.12. The highest BCUT2D eigenvalue weighted by atomic mass is 35.5.